The lowest BCUT2D eigenvalue weighted by molar-refractivity contribution is 0.0770. The van der Waals surface area contributed by atoms with Crippen molar-refractivity contribution in [2.75, 3.05) is 13.1 Å². The van der Waals surface area contributed by atoms with Crippen LogP contribution in [0.4, 0.5) is 0 Å². The highest BCUT2D eigenvalue weighted by Crippen LogP contribution is 2.41. The van der Waals surface area contributed by atoms with Crippen LogP contribution in [0.2, 0.25) is 18.1 Å². The molecule has 0 spiro atoms. The van der Waals surface area contributed by atoms with Crippen molar-refractivity contribution in [2.24, 2.45) is 0 Å². The maximum atomic E-state index is 13.2. The minimum atomic E-state index is -2.08. The van der Waals surface area contributed by atoms with Gasteiger partial charge in [-0.1, -0.05) is 26.8 Å². The van der Waals surface area contributed by atoms with Crippen LogP contribution in [0, 0.1) is 13.8 Å². The van der Waals surface area contributed by atoms with Crippen LogP contribution in [-0.4, -0.2) is 32.2 Å². The zero-order chi connectivity index (χ0) is 20.3. The maximum Gasteiger partial charge on any atom is 0.257 e. The minimum Gasteiger partial charge on any atom is -0.543 e. The lowest BCUT2D eigenvalue weighted by atomic mass is 9.95. The maximum absolute atomic E-state index is 13.2. The van der Waals surface area contributed by atoms with Crippen LogP contribution in [0.25, 0.3) is 0 Å². The van der Waals surface area contributed by atoms with Gasteiger partial charge in [0.05, 0.1) is 5.56 Å². The zero-order valence-corrected chi connectivity index (χ0v) is 19.2. The Morgan fingerprint density at radius 1 is 1.23 bits per heavy atom. The fourth-order valence-corrected chi connectivity index (χ4v) is 3.77. The molecule has 0 aromatic heterocycles. The molecule has 1 aromatic carbocycles. The van der Waals surface area contributed by atoms with Gasteiger partial charge in [-0.05, 0) is 69.4 Å². The summed E-state index contributed by atoms with van der Waals surface area (Å²) in [6.07, 6.45) is 2.60. The van der Waals surface area contributed by atoms with E-state index in [0.29, 0.717) is 25.1 Å². The molecular formula is C22H37NO2Si. The smallest absolute Gasteiger partial charge is 0.257 e. The summed E-state index contributed by atoms with van der Waals surface area (Å²) in [5.74, 6) is 0.827. The van der Waals surface area contributed by atoms with E-state index in [0.717, 1.165) is 16.9 Å². The molecule has 0 saturated carbocycles. The molecule has 0 radical (unpaired) electrons. The molecule has 146 valence electrons. The van der Waals surface area contributed by atoms with Crippen molar-refractivity contribution in [3.05, 3.63) is 41.0 Å². The third-order valence-corrected chi connectivity index (χ3v) is 10.0. The highest BCUT2D eigenvalue weighted by molar-refractivity contribution is 6.74. The molecule has 0 fully saturated rings. The molecular weight excluding hydrogens is 338 g/mol. The quantitative estimate of drug-likeness (QED) is 0.439. The summed E-state index contributed by atoms with van der Waals surface area (Å²) in [4.78, 5) is 15.1. The number of nitrogens with zero attached hydrogens (tertiary/aromatic N) is 1. The Labute approximate surface area is 161 Å². The monoisotopic (exact) mass is 375 g/mol. The molecule has 1 rings (SSSR count). The molecule has 3 nitrogen and oxygen atoms in total. The minimum absolute atomic E-state index is 0.0529. The average Bonchev–Trinajstić information content (AvgIpc) is 2.54. The van der Waals surface area contributed by atoms with E-state index in [2.05, 4.69) is 54.3 Å². The number of amides is 1. The summed E-state index contributed by atoms with van der Waals surface area (Å²) >= 11 is 0. The van der Waals surface area contributed by atoms with E-state index in [-0.39, 0.29) is 10.9 Å². The summed E-state index contributed by atoms with van der Waals surface area (Å²) in [6, 6.07) is 2.01. The standard InChI is InChI=1S/C22H37NO2Si/c1-11-14-18-17(5)16(4)15-19(21(24)23(12-2)13-3)20(18)25-26(9,10)22(6,7)8/h11,15H,1,12-14H2,2-10H3. The fraction of sp³-hybridized carbons (Fsp3) is 0.591. The number of rotatable bonds is 7. The van der Waals surface area contributed by atoms with Crippen molar-refractivity contribution in [2.45, 2.75) is 73.0 Å². The van der Waals surface area contributed by atoms with Gasteiger partial charge in [0.15, 0.2) is 0 Å². The fourth-order valence-electron chi connectivity index (χ4n) is 2.72. The first-order valence-electron chi connectivity index (χ1n) is 9.63. The molecule has 0 unspecified atom stereocenters. The SMILES string of the molecule is C=CCc1c(C)c(C)cc(C(=O)N(CC)CC)c1O[Si](C)(C)C(C)(C)C. The van der Waals surface area contributed by atoms with Crippen LogP contribution < -0.4 is 4.43 Å². The summed E-state index contributed by atoms with van der Waals surface area (Å²) in [6.45, 7) is 24.6. The highest BCUT2D eigenvalue weighted by Gasteiger charge is 2.40. The molecule has 1 aromatic rings. The Hall–Kier alpha value is -1.55. The zero-order valence-electron chi connectivity index (χ0n) is 18.2. The number of carbonyl (C=O) groups is 1. The Morgan fingerprint density at radius 2 is 1.77 bits per heavy atom. The van der Waals surface area contributed by atoms with Crippen molar-refractivity contribution < 1.29 is 9.22 Å². The van der Waals surface area contributed by atoms with Crippen molar-refractivity contribution in [3.8, 4) is 5.75 Å². The predicted octanol–water partition coefficient (Wildman–Crippen LogP) is 5.90. The number of aryl methyl sites for hydroxylation is 1. The molecule has 0 bridgehead atoms. The van der Waals surface area contributed by atoms with Crippen LogP contribution in [-0.2, 0) is 6.42 Å². The average molecular weight is 376 g/mol. The molecule has 26 heavy (non-hydrogen) atoms. The third kappa shape index (κ3) is 4.59. The largest absolute Gasteiger partial charge is 0.543 e. The molecule has 0 aliphatic heterocycles. The third-order valence-electron chi connectivity index (χ3n) is 5.72. The topological polar surface area (TPSA) is 29.5 Å². The lowest BCUT2D eigenvalue weighted by Gasteiger charge is -2.38. The molecule has 0 aliphatic rings. The van der Waals surface area contributed by atoms with Gasteiger partial charge in [-0.2, -0.15) is 0 Å². The molecule has 0 aliphatic carbocycles. The molecule has 0 N–H and O–H groups in total. The second-order valence-corrected chi connectivity index (χ2v) is 13.2. The summed E-state index contributed by atoms with van der Waals surface area (Å²) in [5.41, 5.74) is 4.11. The van der Waals surface area contributed by atoms with Crippen LogP contribution in [0.3, 0.4) is 0 Å². The molecule has 0 heterocycles. The molecule has 4 heteroatoms. The van der Waals surface area contributed by atoms with Crippen LogP contribution >= 0.6 is 0 Å². The van der Waals surface area contributed by atoms with Crippen LogP contribution in [0.5, 0.6) is 5.75 Å². The van der Waals surface area contributed by atoms with Gasteiger partial charge in [-0.25, -0.2) is 0 Å². The first kappa shape index (κ1) is 22.5. The van der Waals surface area contributed by atoms with Crippen molar-refractivity contribution >= 4 is 14.2 Å². The van der Waals surface area contributed by atoms with Gasteiger partial charge < -0.3 is 9.33 Å². The normalized spacial score (nSPS) is 12.0. The van der Waals surface area contributed by atoms with Gasteiger partial charge in [0.25, 0.3) is 14.2 Å². The van der Waals surface area contributed by atoms with E-state index in [1.165, 1.54) is 5.56 Å². The number of benzene rings is 1. The van der Waals surface area contributed by atoms with E-state index >= 15 is 0 Å². The second-order valence-electron chi connectivity index (χ2n) is 8.51. The Kier molecular flexibility index (Phi) is 7.29. The highest BCUT2D eigenvalue weighted by atomic mass is 28.4. The number of allylic oxidation sites excluding steroid dienone is 1. The van der Waals surface area contributed by atoms with Gasteiger partial charge in [-0.3, -0.25) is 4.79 Å². The van der Waals surface area contributed by atoms with E-state index in [9.17, 15) is 4.79 Å². The number of hydrogen-bond donors (Lipinski definition) is 0. The Morgan fingerprint density at radius 3 is 2.19 bits per heavy atom. The van der Waals surface area contributed by atoms with Crippen LogP contribution in [0.15, 0.2) is 18.7 Å². The van der Waals surface area contributed by atoms with E-state index in [1.54, 1.807) is 0 Å². The molecule has 0 atom stereocenters. The van der Waals surface area contributed by atoms with E-state index in [1.807, 2.05) is 30.9 Å². The van der Waals surface area contributed by atoms with Crippen molar-refractivity contribution in [1.29, 1.82) is 0 Å². The van der Waals surface area contributed by atoms with E-state index < -0.39 is 8.32 Å². The van der Waals surface area contributed by atoms with Crippen molar-refractivity contribution in [1.82, 2.24) is 4.90 Å². The van der Waals surface area contributed by atoms with Gasteiger partial charge in [0, 0.05) is 18.7 Å². The Bertz CT molecular complexity index is 668. The summed E-state index contributed by atoms with van der Waals surface area (Å²) in [7, 11) is -2.08. The van der Waals surface area contributed by atoms with Gasteiger partial charge in [0.2, 0.25) is 0 Å². The van der Waals surface area contributed by atoms with Crippen molar-refractivity contribution in [3.63, 3.8) is 0 Å². The lowest BCUT2D eigenvalue weighted by Crippen LogP contribution is -2.44. The number of hydrogen-bond acceptors (Lipinski definition) is 2. The van der Waals surface area contributed by atoms with Gasteiger partial charge in [-0.15, -0.1) is 6.58 Å². The first-order chi connectivity index (χ1) is 11.9. The van der Waals surface area contributed by atoms with Gasteiger partial charge in [0.1, 0.15) is 5.75 Å². The number of carbonyl (C=O) groups excluding carboxylic acids is 1. The molecule has 1 amide bonds. The molecule has 0 saturated heterocycles. The first-order valence-corrected chi connectivity index (χ1v) is 12.5. The summed E-state index contributed by atoms with van der Waals surface area (Å²) in [5, 5.41) is 0.0623. The van der Waals surface area contributed by atoms with Gasteiger partial charge >= 0.3 is 0 Å². The summed E-state index contributed by atoms with van der Waals surface area (Å²) < 4.78 is 6.72. The second kappa shape index (κ2) is 8.42. The predicted molar refractivity (Wildman–Crippen MR) is 115 cm³/mol. The van der Waals surface area contributed by atoms with E-state index in [4.69, 9.17) is 4.43 Å². The Balaban J connectivity index is 3.68. The van der Waals surface area contributed by atoms with Crippen LogP contribution in [0.1, 0.15) is 61.7 Å².